The third-order valence-electron chi connectivity index (χ3n) is 3.40. The number of fused-ring (bicyclic) bond motifs is 1. The third kappa shape index (κ3) is 2.61. The second-order valence-electron chi connectivity index (χ2n) is 4.90. The molecule has 1 atom stereocenters. The van der Waals surface area contributed by atoms with E-state index >= 15 is 0 Å². The Morgan fingerprint density at radius 1 is 1.58 bits per heavy atom. The summed E-state index contributed by atoms with van der Waals surface area (Å²) in [6.45, 7) is 3.28. The first-order valence-corrected chi connectivity index (χ1v) is 6.59. The topological polar surface area (TPSA) is 67.2 Å². The van der Waals surface area contributed by atoms with Gasteiger partial charge < -0.3 is 15.1 Å². The number of nitrogens with zero attached hydrogens (tertiary/aromatic N) is 1. The summed E-state index contributed by atoms with van der Waals surface area (Å²) >= 11 is 0. The fourth-order valence-corrected chi connectivity index (χ4v) is 2.41. The van der Waals surface area contributed by atoms with Crippen molar-refractivity contribution in [2.24, 2.45) is 0 Å². The molecule has 5 heteroatoms. The van der Waals surface area contributed by atoms with Gasteiger partial charge in [-0.05, 0) is 37.1 Å². The molecule has 1 aliphatic heterocycles. The minimum absolute atomic E-state index is 0.0312. The van der Waals surface area contributed by atoms with Gasteiger partial charge >= 0.3 is 0 Å². The van der Waals surface area contributed by atoms with Crippen molar-refractivity contribution in [3.63, 3.8) is 0 Å². The molecule has 2 N–H and O–H groups in total. The molecule has 1 fully saturated rings. The van der Waals surface area contributed by atoms with Crippen LogP contribution in [0.4, 0.5) is 0 Å². The van der Waals surface area contributed by atoms with Crippen LogP contribution in [0.3, 0.4) is 0 Å². The van der Waals surface area contributed by atoms with Gasteiger partial charge in [0, 0.05) is 13.5 Å². The summed E-state index contributed by atoms with van der Waals surface area (Å²) in [5, 5.41) is 6.13. The van der Waals surface area contributed by atoms with Crippen molar-refractivity contribution in [2.75, 3.05) is 6.54 Å². The molecule has 0 bridgehead atoms. The first-order chi connectivity index (χ1) is 9.22. The van der Waals surface area contributed by atoms with Crippen LogP contribution in [0, 0.1) is 6.92 Å². The highest BCUT2D eigenvalue weighted by Crippen LogP contribution is 2.16. The summed E-state index contributed by atoms with van der Waals surface area (Å²) in [5.74, 6) is 0.734. The molecular formula is C14H17N3O2. The highest BCUT2D eigenvalue weighted by molar-refractivity contribution is 5.82. The van der Waals surface area contributed by atoms with Crippen molar-refractivity contribution in [3.05, 3.63) is 29.7 Å². The molecular weight excluding hydrogens is 242 g/mol. The molecule has 19 heavy (non-hydrogen) atoms. The summed E-state index contributed by atoms with van der Waals surface area (Å²) in [6, 6.07) is 5.78. The van der Waals surface area contributed by atoms with Gasteiger partial charge in [0.05, 0.1) is 6.04 Å². The van der Waals surface area contributed by atoms with Gasteiger partial charge in [0.1, 0.15) is 5.52 Å². The molecule has 2 heterocycles. The van der Waals surface area contributed by atoms with Gasteiger partial charge in [0.15, 0.2) is 11.5 Å². The van der Waals surface area contributed by atoms with Crippen LogP contribution < -0.4 is 10.6 Å². The Hall–Kier alpha value is -1.88. The summed E-state index contributed by atoms with van der Waals surface area (Å²) < 4.78 is 5.48. The van der Waals surface area contributed by atoms with E-state index in [1.165, 1.54) is 0 Å². The molecule has 0 spiro atoms. The Morgan fingerprint density at radius 3 is 3.26 bits per heavy atom. The summed E-state index contributed by atoms with van der Waals surface area (Å²) in [4.78, 5) is 16.1. The summed E-state index contributed by atoms with van der Waals surface area (Å²) in [6.07, 6.45) is 1.99. The third-order valence-corrected chi connectivity index (χ3v) is 3.40. The zero-order valence-corrected chi connectivity index (χ0v) is 10.9. The first-order valence-electron chi connectivity index (χ1n) is 6.59. The number of carbonyl (C=O) groups is 1. The van der Waals surface area contributed by atoms with E-state index in [-0.39, 0.29) is 11.9 Å². The van der Waals surface area contributed by atoms with E-state index in [1.54, 1.807) is 0 Å². The van der Waals surface area contributed by atoms with E-state index < -0.39 is 0 Å². The number of hydrogen-bond acceptors (Lipinski definition) is 4. The van der Waals surface area contributed by atoms with E-state index in [9.17, 15) is 4.79 Å². The first kappa shape index (κ1) is 12.2. The lowest BCUT2D eigenvalue weighted by atomic mass is 10.2. The molecule has 0 radical (unpaired) electrons. The van der Waals surface area contributed by atoms with Crippen molar-refractivity contribution >= 4 is 17.0 Å². The Kier molecular flexibility index (Phi) is 3.21. The maximum Gasteiger partial charge on any atom is 0.237 e. The van der Waals surface area contributed by atoms with E-state index in [2.05, 4.69) is 15.6 Å². The lowest BCUT2D eigenvalue weighted by Gasteiger charge is -2.10. The quantitative estimate of drug-likeness (QED) is 0.876. The van der Waals surface area contributed by atoms with Crippen LogP contribution in [0.2, 0.25) is 0 Å². The van der Waals surface area contributed by atoms with Crippen molar-refractivity contribution in [3.8, 4) is 0 Å². The molecule has 100 valence electrons. The molecule has 1 aromatic heterocycles. The highest BCUT2D eigenvalue weighted by atomic mass is 16.3. The molecule has 1 unspecified atom stereocenters. The summed E-state index contributed by atoms with van der Waals surface area (Å²) in [7, 11) is 0. The highest BCUT2D eigenvalue weighted by Gasteiger charge is 2.21. The molecule has 1 aliphatic rings. The second kappa shape index (κ2) is 5.01. The lowest BCUT2D eigenvalue weighted by Crippen LogP contribution is -2.39. The normalized spacial score (nSPS) is 18.9. The van der Waals surface area contributed by atoms with E-state index in [0.29, 0.717) is 12.4 Å². The van der Waals surface area contributed by atoms with E-state index in [0.717, 1.165) is 36.0 Å². The molecule has 1 amide bonds. The fraction of sp³-hybridized carbons (Fsp3) is 0.429. The number of nitrogens with one attached hydrogen (secondary N) is 2. The van der Waals surface area contributed by atoms with Gasteiger partial charge in [-0.3, -0.25) is 4.79 Å². The van der Waals surface area contributed by atoms with Crippen LogP contribution in [-0.2, 0) is 11.3 Å². The number of carbonyl (C=O) groups excluding carboxylic acids is 1. The van der Waals surface area contributed by atoms with Crippen molar-refractivity contribution in [2.45, 2.75) is 32.4 Å². The summed E-state index contributed by atoms with van der Waals surface area (Å²) in [5.41, 5.74) is 2.64. The van der Waals surface area contributed by atoms with Gasteiger partial charge in [0.25, 0.3) is 0 Å². The Bertz CT molecular complexity index is 600. The van der Waals surface area contributed by atoms with Crippen LogP contribution in [0.25, 0.3) is 11.1 Å². The molecule has 2 aromatic rings. The molecule has 5 nitrogen and oxygen atoms in total. The number of hydrogen-bond donors (Lipinski definition) is 2. The SMILES string of the molecule is Cc1nc2ccc(CNC(=O)C3CCCN3)cc2o1. The maximum absolute atomic E-state index is 11.9. The van der Waals surface area contributed by atoms with E-state index in [1.807, 2.05) is 25.1 Å². The number of oxazole rings is 1. The zero-order valence-electron chi connectivity index (χ0n) is 10.9. The molecule has 1 aromatic carbocycles. The van der Waals surface area contributed by atoms with Crippen LogP contribution >= 0.6 is 0 Å². The minimum atomic E-state index is -0.0312. The fourth-order valence-electron chi connectivity index (χ4n) is 2.41. The van der Waals surface area contributed by atoms with Crippen molar-refractivity contribution < 1.29 is 9.21 Å². The number of benzene rings is 1. The molecule has 0 saturated carbocycles. The van der Waals surface area contributed by atoms with Crippen molar-refractivity contribution in [1.82, 2.24) is 15.6 Å². The average Bonchev–Trinajstić information content (AvgIpc) is 3.03. The molecule has 0 aliphatic carbocycles. The predicted molar refractivity (Wildman–Crippen MR) is 71.6 cm³/mol. The zero-order chi connectivity index (χ0) is 13.2. The number of rotatable bonds is 3. The van der Waals surface area contributed by atoms with Crippen LogP contribution in [0.1, 0.15) is 24.3 Å². The average molecular weight is 259 g/mol. The van der Waals surface area contributed by atoms with Gasteiger partial charge in [0.2, 0.25) is 5.91 Å². The lowest BCUT2D eigenvalue weighted by molar-refractivity contribution is -0.122. The largest absolute Gasteiger partial charge is 0.441 e. The van der Waals surface area contributed by atoms with Gasteiger partial charge in [-0.15, -0.1) is 0 Å². The van der Waals surface area contributed by atoms with Crippen LogP contribution in [0.15, 0.2) is 22.6 Å². The number of aromatic nitrogens is 1. The van der Waals surface area contributed by atoms with Crippen LogP contribution in [0.5, 0.6) is 0 Å². The predicted octanol–water partition coefficient (Wildman–Crippen LogP) is 1.50. The van der Waals surface area contributed by atoms with E-state index in [4.69, 9.17) is 4.42 Å². The van der Waals surface area contributed by atoms with Gasteiger partial charge in [-0.2, -0.15) is 0 Å². The second-order valence-corrected chi connectivity index (χ2v) is 4.90. The monoisotopic (exact) mass is 259 g/mol. The molecule has 1 saturated heterocycles. The Morgan fingerprint density at radius 2 is 2.47 bits per heavy atom. The standard InChI is InChI=1S/C14H17N3O2/c1-9-17-11-5-4-10(7-13(11)19-9)8-16-14(18)12-3-2-6-15-12/h4-5,7,12,15H,2-3,6,8H2,1H3,(H,16,18). The maximum atomic E-state index is 11.9. The minimum Gasteiger partial charge on any atom is -0.441 e. The Balaban J connectivity index is 1.65. The Labute approximate surface area is 111 Å². The smallest absolute Gasteiger partial charge is 0.237 e. The number of aryl methyl sites for hydroxylation is 1. The molecule has 3 rings (SSSR count). The van der Waals surface area contributed by atoms with Crippen LogP contribution in [-0.4, -0.2) is 23.5 Å². The van der Waals surface area contributed by atoms with Crippen molar-refractivity contribution in [1.29, 1.82) is 0 Å². The van der Waals surface area contributed by atoms with Gasteiger partial charge in [-0.25, -0.2) is 4.98 Å². The number of amides is 1. The van der Waals surface area contributed by atoms with Gasteiger partial charge in [-0.1, -0.05) is 6.07 Å².